The summed E-state index contributed by atoms with van der Waals surface area (Å²) in [5.41, 5.74) is 1.50. The van der Waals surface area contributed by atoms with E-state index in [0.717, 1.165) is 37.4 Å². The molecule has 1 atom stereocenters. The summed E-state index contributed by atoms with van der Waals surface area (Å²) >= 11 is 0. The van der Waals surface area contributed by atoms with Crippen molar-refractivity contribution in [3.63, 3.8) is 0 Å². The molecule has 0 radical (unpaired) electrons. The van der Waals surface area contributed by atoms with Crippen molar-refractivity contribution in [3.8, 4) is 0 Å². The van der Waals surface area contributed by atoms with Gasteiger partial charge < -0.3 is 19.9 Å². The molecule has 0 aliphatic carbocycles. The van der Waals surface area contributed by atoms with Crippen molar-refractivity contribution in [2.75, 3.05) is 45.8 Å². The maximum Gasteiger partial charge on any atom is 0.410 e. The Labute approximate surface area is 150 Å². The topological polar surface area (TPSA) is 44.8 Å². The molecule has 5 nitrogen and oxygen atoms in total. The van der Waals surface area contributed by atoms with E-state index in [4.69, 9.17) is 4.74 Å². The Hall–Kier alpha value is -1.59. The summed E-state index contributed by atoms with van der Waals surface area (Å²) in [7, 11) is 0. The second-order valence-electron chi connectivity index (χ2n) is 8.06. The van der Waals surface area contributed by atoms with Crippen LogP contribution < -0.4 is 5.32 Å². The zero-order valence-electron chi connectivity index (χ0n) is 15.0. The molecule has 3 aliphatic rings. The van der Waals surface area contributed by atoms with Crippen molar-refractivity contribution in [1.82, 2.24) is 15.1 Å². The fourth-order valence-electron chi connectivity index (χ4n) is 4.56. The zero-order chi connectivity index (χ0) is 17.1. The van der Waals surface area contributed by atoms with Gasteiger partial charge in [-0.25, -0.2) is 4.79 Å². The van der Waals surface area contributed by atoms with E-state index in [1.807, 2.05) is 35.2 Å². The van der Waals surface area contributed by atoms with Crippen LogP contribution in [0.25, 0.3) is 0 Å². The number of nitrogens with zero attached hydrogens (tertiary/aromatic N) is 2. The number of hydrogen-bond acceptors (Lipinski definition) is 4. The first-order valence-corrected chi connectivity index (χ1v) is 9.61. The van der Waals surface area contributed by atoms with Crippen LogP contribution in [-0.4, -0.2) is 61.7 Å². The van der Waals surface area contributed by atoms with Gasteiger partial charge in [-0.05, 0) is 49.2 Å². The Balaban J connectivity index is 1.18. The van der Waals surface area contributed by atoms with Crippen LogP contribution in [0.2, 0.25) is 0 Å². The number of benzene rings is 1. The molecule has 1 aromatic carbocycles. The van der Waals surface area contributed by atoms with Crippen LogP contribution in [-0.2, 0) is 11.3 Å². The monoisotopic (exact) mass is 343 g/mol. The summed E-state index contributed by atoms with van der Waals surface area (Å²) in [4.78, 5) is 16.8. The zero-order valence-corrected chi connectivity index (χ0v) is 15.0. The van der Waals surface area contributed by atoms with Gasteiger partial charge in [0.15, 0.2) is 0 Å². The van der Waals surface area contributed by atoms with E-state index in [9.17, 15) is 4.79 Å². The standard InChI is InChI=1S/C20H29N3O2/c24-19(25-14-17-4-2-1-3-5-17)23-10-7-20(8-11-23)15-22(16-20)13-18-6-9-21-12-18/h1-5,18,21H,6-16H2/t18-/m1/s1. The van der Waals surface area contributed by atoms with Gasteiger partial charge in [-0.1, -0.05) is 30.3 Å². The lowest BCUT2D eigenvalue weighted by Crippen LogP contribution is -2.61. The van der Waals surface area contributed by atoms with Gasteiger partial charge in [0.05, 0.1) is 0 Å². The van der Waals surface area contributed by atoms with Crippen LogP contribution >= 0.6 is 0 Å². The Morgan fingerprint density at radius 3 is 2.64 bits per heavy atom. The van der Waals surface area contributed by atoms with Crippen molar-refractivity contribution in [2.24, 2.45) is 11.3 Å². The number of likely N-dealkylation sites (tertiary alicyclic amines) is 2. The minimum Gasteiger partial charge on any atom is -0.445 e. The average Bonchev–Trinajstić information content (AvgIpc) is 3.13. The molecule has 0 unspecified atom stereocenters. The summed E-state index contributed by atoms with van der Waals surface area (Å²) in [6, 6.07) is 9.89. The first kappa shape index (κ1) is 16.9. The van der Waals surface area contributed by atoms with Crippen molar-refractivity contribution < 1.29 is 9.53 Å². The highest BCUT2D eigenvalue weighted by molar-refractivity contribution is 5.67. The van der Waals surface area contributed by atoms with Crippen LogP contribution in [0.3, 0.4) is 0 Å². The molecule has 25 heavy (non-hydrogen) atoms. The molecule has 0 aromatic heterocycles. The summed E-state index contributed by atoms with van der Waals surface area (Å²) in [5.74, 6) is 0.838. The van der Waals surface area contributed by atoms with Crippen molar-refractivity contribution >= 4 is 6.09 Å². The van der Waals surface area contributed by atoms with E-state index in [0.29, 0.717) is 12.0 Å². The molecule has 1 N–H and O–H groups in total. The molecule has 136 valence electrons. The summed E-state index contributed by atoms with van der Waals surface area (Å²) < 4.78 is 5.47. The van der Waals surface area contributed by atoms with Crippen LogP contribution in [0.15, 0.2) is 30.3 Å². The summed E-state index contributed by atoms with van der Waals surface area (Å²) in [6.07, 6.45) is 3.40. The number of amides is 1. The average molecular weight is 343 g/mol. The van der Waals surface area contributed by atoms with Gasteiger partial charge in [-0.2, -0.15) is 0 Å². The maximum atomic E-state index is 12.3. The molecule has 5 heteroatoms. The van der Waals surface area contributed by atoms with Crippen molar-refractivity contribution in [3.05, 3.63) is 35.9 Å². The third-order valence-electron chi connectivity index (χ3n) is 6.08. The van der Waals surface area contributed by atoms with Gasteiger partial charge in [-0.15, -0.1) is 0 Å². The number of rotatable bonds is 4. The minimum absolute atomic E-state index is 0.160. The molecule has 0 bridgehead atoms. The Kier molecular flexibility index (Phi) is 4.95. The molecule has 4 rings (SSSR count). The van der Waals surface area contributed by atoms with Crippen molar-refractivity contribution in [1.29, 1.82) is 0 Å². The largest absolute Gasteiger partial charge is 0.445 e. The van der Waals surface area contributed by atoms with E-state index in [2.05, 4.69) is 10.2 Å². The molecule has 1 spiro atoms. The highest BCUT2D eigenvalue weighted by atomic mass is 16.6. The van der Waals surface area contributed by atoms with E-state index in [1.165, 1.54) is 39.1 Å². The van der Waals surface area contributed by atoms with Gasteiger partial charge in [0.25, 0.3) is 0 Å². The normalized spacial score (nSPS) is 25.8. The van der Waals surface area contributed by atoms with Gasteiger partial charge in [0.1, 0.15) is 6.61 Å². The molecular weight excluding hydrogens is 314 g/mol. The van der Waals surface area contributed by atoms with Gasteiger partial charge in [0, 0.05) is 32.7 Å². The van der Waals surface area contributed by atoms with Crippen LogP contribution in [0.4, 0.5) is 4.79 Å². The van der Waals surface area contributed by atoms with Crippen LogP contribution in [0, 0.1) is 11.3 Å². The lowest BCUT2D eigenvalue weighted by atomic mass is 9.71. The molecule has 1 aromatic rings. The first-order chi connectivity index (χ1) is 12.2. The molecule has 0 saturated carbocycles. The van der Waals surface area contributed by atoms with Gasteiger partial charge in [0.2, 0.25) is 0 Å². The third-order valence-corrected chi connectivity index (χ3v) is 6.08. The van der Waals surface area contributed by atoms with Gasteiger partial charge in [-0.3, -0.25) is 0 Å². The molecule has 3 heterocycles. The maximum absolute atomic E-state index is 12.3. The fraction of sp³-hybridized carbons (Fsp3) is 0.650. The predicted octanol–water partition coefficient (Wildman–Crippen LogP) is 2.33. The third kappa shape index (κ3) is 3.98. The Bertz CT molecular complexity index is 570. The van der Waals surface area contributed by atoms with Gasteiger partial charge >= 0.3 is 6.09 Å². The highest BCUT2D eigenvalue weighted by Crippen LogP contribution is 2.41. The predicted molar refractivity (Wildman–Crippen MR) is 97.3 cm³/mol. The molecule has 3 fully saturated rings. The van der Waals surface area contributed by atoms with E-state index >= 15 is 0 Å². The van der Waals surface area contributed by atoms with Crippen LogP contribution in [0.5, 0.6) is 0 Å². The second-order valence-corrected chi connectivity index (χ2v) is 8.06. The first-order valence-electron chi connectivity index (χ1n) is 9.61. The van der Waals surface area contributed by atoms with Crippen LogP contribution in [0.1, 0.15) is 24.8 Å². The van der Waals surface area contributed by atoms with E-state index in [1.54, 1.807) is 0 Å². The number of carbonyl (C=O) groups excluding carboxylic acids is 1. The molecular formula is C20H29N3O2. The quantitative estimate of drug-likeness (QED) is 0.911. The number of ether oxygens (including phenoxy) is 1. The molecule has 1 amide bonds. The number of carbonyl (C=O) groups is 1. The fourth-order valence-corrected chi connectivity index (χ4v) is 4.56. The SMILES string of the molecule is O=C(OCc1ccccc1)N1CCC2(CC1)CN(C[C@@H]1CCNC1)C2. The lowest BCUT2D eigenvalue weighted by molar-refractivity contribution is -0.0506. The number of hydrogen-bond donors (Lipinski definition) is 1. The number of piperidine rings is 1. The smallest absolute Gasteiger partial charge is 0.410 e. The summed E-state index contributed by atoms with van der Waals surface area (Å²) in [5, 5.41) is 3.45. The summed E-state index contributed by atoms with van der Waals surface area (Å²) in [6.45, 7) is 8.10. The second kappa shape index (κ2) is 7.34. The molecule has 3 aliphatic heterocycles. The molecule has 3 saturated heterocycles. The highest BCUT2D eigenvalue weighted by Gasteiger charge is 2.45. The number of nitrogens with one attached hydrogen (secondary N) is 1. The van der Waals surface area contributed by atoms with Crippen molar-refractivity contribution in [2.45, 2.75) is 25.9 Å². The Morgan fingerprint density at radius 1 is 1.20 bits per heavy atom. The lowest BCUT2D eigenvalue weighted by Gasteiger charge is -2.54. The van der Waals surface area contributed by atoms with E-state index < -0.39 is 0 Å². The Morgan fingerprint density at radius 2 is 1.96 bits per heavy atom. The van der Waals surface area contributed by atoms with E-state index in [-0.39, 0.29) is 6.09 Å². The minimum atomic E-state index is -0.160.